The van der Waals surface area contributed by atoms with Crippen molar-refractivity contribution < 1.29 is 0 Å². The first kappa shape index (κ1) is 24.7. The van der Waals surface area contributed by atoms with E-state index in [1.165, 1.54) is 109 Å². The van der Waals surface area contributed by atoms with Gasteiger partial charge in [-0.15, -0.1) is 0 Å². The lowest BCUT2D eigenvalue weighted by molar-refractivity contribution is 0.524. The second kappa shape index (κ2) is 23.7. The maximum absolute atomic E-state index is 8.47. The highest BCUT2D eigenvalue weighted by Crippen LogP contribution is 2.14. The molecule has 0 amide bonds. The Morgan fingerprint density at radius 2 is 0.808 bits per heavy atom. The smallest absolute Gasteiger partial charge is 0.0908 e. The Balaban J connectivity index is 3.00. The Hall–Kier alpha value is -1.28. The van der Waals surface area contributed by atoms with Crippen molar-refractivity contribution in [2.45, 2.75) is 128 Å². The van der Waals surface area contributed by atoms with E-state index in [0.29, 0.717) is 0 Å². The molecule has 0 fully saturated rings. The second-order valence-electron chi connectivity index (χ2n) is 7.59. The Labute approximate surface area is 163 Å². The minimum atomic E-state index is 0.738. The van der Waals surface area contributed by atoms with Crippen molar-refractivity contribution in [2.24, 2.45) is 0 Å². The zero-order valence-electron chi connectivity index (χ0n) is 17.2. The van der Waals surface area contributed by atoms with Gasteiger partial charge in [0.2, 0.25) is 0 Å². The van der Waals surface area contributed by atoms with Crippen LogP contribution in [0, 0.1) is 22.7 Å². The third-order valence-corrected chi connectivity index (χ3v) is 5.10. The Morgan fingerprint density at radius 3 is 1.15 bits per heavy atom. The van der Waals surface area contributed by atoms with E-state index in [1.807, 2.05) is 12.1 Å². The van der Waals surface area contributed by atoms with Gasteiger partial charge in [0.25, 0.3) is 0 Å². The van der Waals surface area contributed by atoms with Gasteiger partial charge in [0.05, 0.1) is 12.1 Å². The molecule has 148 valence electrons. The fraction of sp³-hybridized carbons (Fsp3) is 0.833. The molecular formula is C24H42N2. The van der Waals surface area contributed by atoms with Crippen molar-refractivity contribution in [3.8, 4) is 12.1 Å². The maximum atomic E-state index is 8.47. The standard InChI is InChI=1S/C24H42N2/c25-23-21-19-17-15-13-11-9-7-5-3-1-2-4-6-8-10-12-14-16-18-20-22-24-26/h19,21H,1-18,20,22H2. The molecule has 0 saturated carbocycles. The molecule has 0 unspecified atom stereocenters. The Morgan fingerprint density at radius 1 is 0.462 bits per heavy atom. The molecule has 0 aromatic carbocycles. The molecule has 0 saturated heterocycles. The third kappa shape index (κ3) is 22.7. The first-order valence-electron chi connectivity index (χ1n) is 11.3. The number of rotatable bonds is 20. The lowest BCUT2D eigenvalue weighted by Crippen LogP contribution is -1.84. The van der Waals surface area contributed by atoms with Gasteiger partial charge in [-0.25, -0.2) is 0 Å². The monoisotopic (exact) mass is 358 g/mol. The predicted octanol–water partition coefficient (Wildman–Crippen LogP) is 8.39. The van der Waals surface area contributed by atoms with Gasteiger partial charge in [-0.2, -0.15) is 10.5 Å². The van der Waals surface area contributed by atoms with Crippen LogP contribution in [0.15, 0.2) is 12.2 Å². The summed E-state index contributed by atoms with van der Waals surface area (Å²) in [6.07, 6.45) is 29.9. The van der Waals surface area contributed by atoms with Crippen molar-refractivity contribution in [3.63, 3.8) is 0 Å². The van der Waals surface area contributed by atoms with Gasteiger partial charge >= 0.3 is 0 Å². The lowest BCUT2D eigenvalue weighted by atomic mass is 10.0. The normalized spacial score (nSPS) is 10.8. The van der Waals surface area contributed by atoms with Crippen LogP contribution in [0.3, 0.4) is 0 Å². The molecule has 26 heavy (non-hydrogen) atoms. The molecule has 0 aromatic heterocycles. The quantitative estimate of drug-likeness (QED) is 0.162. The summed E-state index contributed by atoms with van der Waals surface area (Å²) >= 11 is 0. The summed E-state index contributed by atoms with van der Waals surface area (Å²) in [6, 6.07) is 4.26. The molecule has 0 aromatic rings. The van der Waals surface area contributed by atoms with Crippen molar-refractivity contribution in [1.82, 2.24) is 0 Å². The van der Waals surface area contributed by atoms with Gasteiger partial charge in [-0.3, -0.25) is 0 Å². The average Bonchev–Trinajstić information content (AvgIpc) is 2.66. The van der Waals surface area contributed by atoms with Crippen molar-refractivity contribution in [2.75, 3.05) is 0 Å². The van der Waals surface area contributed by atoms with E-state index in [0.717, 1.165) is 19.3 Å². The van der Waals surface area contributed by atoms with Gasteiger partial charge in [0, 0.05) is 12.5 Å². The largest absolute Gasteiger partial charge is 0.198 e. The highest BCUT2D eigenvalue weighted by atomic mass is 14.2. The molecule has 0 aliphatic heterocycles. The van der Waals surface area contributed by atoms with E-state index in [2.05, 4.69) is 6.07 Å². The molecule has 0 spiro atoms. The molecule has 0 atom stereocenters. The van der Waals surface area contributed by atoms with Gasteiger partial charge in [-0.05, 0) is 19.3 Å². The first-order chi connectivity index (χ1) is 12.9. The second-order valence-corrected chi connectivity index (χ2v) is 7.59. The minimum absolute atomic E-state index is 0.738. The molecule has 0 rings (SSSR count). The van der Waals surface area contributed by atoms with Crippen LogP contribution in [0.2, 0.25) is 0 Å². The lowest BCUT2D eigenvalue weighted by Gasteiger charge is -2.03. The van der Waals surface area contributed by atoms with Crippen LogP contribution in [0.1, 0.15) is 128 Å². The van der Waals surface area contributed by atoms with Gasteiger partial charge in [0.15, 0.2) is 0 Å². The summed E-state index contributed by atoms with van der Waals surface area (Å²) in [6.45, 7) is 0. The third-order valence-electron chi connectivity index (χ3n) is 5.10. The van der Waals surface area contributed by atoms with Crippen molar-refractivity contribution >= 4 is 0 Å². The van der Waals surface area contributed by atoms with Gasteiger partial charge in [0.1, 0.15) is 0 Å². The number of nitrogens with zero attached hydrogens (tertiary/aromatic N) is 2. The number of hydrogen-bond acceptors (Lipinski definition) is 2. The average molecular weight is 359 g/mol. The summed E-state index contributed by atoms with van der Waals surface area (Å²) < 4.78 is 0. The molecule has 2 nitrogen and oxygen atoms in total. The fourth-order valence-corrected chi connectivity index (χ4v) is 3.43. The molecule has 0 N–H and O–H groups in total. The van der Waals surface area contributed by atoms with E-state index < -0.39 is 0 Å². The van der Waals surface area contributed by atoms with Crippen molar-refractivity contribution in [1.29, 1.82) is 10.5 Å². The van der Waals surface area contributed by atoms with E-state index >= 15 is 0 Å². The van der Waals surface area contributed by atoms with Gasteiger partial charge in [-0.1, -0.05) is 109 Å². The zero-order valence-corrected chi connectivity index (χ0v) is 17.2. The summed E-state index contributed by atoms with van der Waals surface area (Å²) in [5.74, 6) is 0. The predicted molar refractivity (Wildman–Crippen MR) is 113 cm³/mol. The van der Waals surface area contributed by atoms with E-state index in [4.69, 9.17) is 10.5 Å². The van der Waals surface area contributed by atoms with E-state index in [-0.39, 0.29) is 0 Å². The summed E-state index contributed by atoms with van der Waals surface area (Å²) in [5.41, 5.74) is 0. The number of unbranched alkanes of at least 4 members (excludes halogenated alkanes) is 19. The number of nitriles is 2. The van der Waals surface area contributed by atoms with Crippen LogP contribution in [0.25, 0.3) is 0 Å². The first-order valence-corrected chi connectivity index (χ1v) is 11.3. The molecule has 0 aliphatic rings. The Bertz CT molecular complexity index is 373. The molecule has 0 radical (unpaired) electrons. The van der Waals surface area contributed by atoms with Crippen LogP contribution < -0.4 is 0 Å². The summed E-state index contributed by atoms with van der Waals surface area (Å²) in [5, 5.41) is 16.9. The van der Waals surface area contributed by atoms with E-state index in [9.17, 15) is 0 Å². The highest BCUT2D eigenvalue weighted by molar-refractivity contribution is 5.01. The Kier molecular flexibility index (Phi) is 22.6. The topological polar surface area (TPSA) is 47.6 Å². The van der Waals surface area contributed by atoms with Crippen LogP contribution in [-0.4, -0.2) is 0 Å². The number of allylic oxidation sites excluding steroid dienone is 2. The SMILES string of the molecule is N#CC=CCCCCCCCCCCCCCCCCCCCCC#N. The zero-order chi connectivity index (χ0) is 19.0. The summed E-state index contributed by atoms with van der Waals surface area (Å²) in [4.78, 5) is 0. The minimum Gasteiger partial charge on any atom is -0.198 e. The van der Waals surface area contributed by atoms with Crippen molar-refractivity contribution in [3.05, 3.63) is 12.2 Å². The molecule has 0 bridgehead atoms. The molecular weight excluding hydrogens is 316 g/mol. The van der Waals surface area contributed by atoms with Crippen LogP contribution in [-0.2, 0) is 0 Å². The molecule has 0 heterocycles. The van der Waals surface area contributed by atoms with Crippen LogP contribution in [0.4, 0.5) is 0 Å². The van der Waals surface area contributed by atoms with Crippen LogP contribution in [0.5, 0.6) is 0 Å². The summed E-state index contributed by atoms with van der Waals surface area (Å²) in [7, 11) is 0. The molecule has 0 aliphatic carbocycles. The maximum Gasteiger partial charge on any atom is 0.0908 e. The van der Waals surface area contributed by atoms with Crippen LogP contribution >= 0.6 is 0 Å². The molecule has 2 heteroatoms. The van der Waals surface area contributed by atoms with E-state index in [1.54, 1.807) is 6.08 Å². The van der Waals surface area contributed by atoms with Gasteiger partial charge < -0.3 is 0 Å². The number of hydrogen-bond donors (Lipinski definition) is 0. The fourth-order valence-electron chi connectivity index (χ4n) is 3.43. The highest BCUT2D eigenvalue weighted by Gasteiger charge is 1.95.